The standard InChI is InChI=1S/C16H24N3O7S2/c1-3-8-17-27(22,23)11-12-9-15(16(20)18-21)19(10-12)28(24,25)14-6-4-13(26-2)5-7-14/h4-7,12,15,17,21H,1,3,8-11H2,2H3,(H,18,20)/t12-,15+/m0/s1. The third-order valence-corrected chi connectivity index (χ3v) is 7.82. The number of hydroxylamine groups is 1. The summed E-state index contributed by atoms with van der Waals surface area (Å²) in [6.45, 7) is 3.55. The molecule has 1 aliphatic rings. The molecule has 1 amide bonds. The lowest BCUT2D eigenvalue weighted by atomic mass is 10.1. The second-order valence-electron chi connectivity index (χ2n) is 6.37. The highest BCUT2D eigenvalue weighted by Gasteiger charge is 2.45. The molecule has 0 bridgehead atoms. The van der Waals surface area contributed by atoms with Gasteiger partial charge in [0.2, 0.25) is 20.0 Å². The number of nitrogens with one attached hydrogen (secondary N) is 2. The molecule has 0 spiro atoms. The van der Waals surface area contributed by atoms with Crippen molar-refractivity contribution < 1.29 is 31.6 Å². The van der Waals surface area contributed by atoms with E-state index < -0.39 is 37.9 Å². The van der Waals surface area contributed by atoms with Gasteiger partial charge in [-0.05, 0) is 43.0 Å². The van der Waals surface area contributed by atoms with E-state index >= 15 is 0 Å². The van der Waals surface area contributed by atoms with Crippen molar-refractivity contribution in [3.05, 3.63) is 31.2 Å². The topological polar surface area (TPSA) is 142 Å². The van der Waals surface area contributed by atoms with Gasteiger partial charge >= 0.3 is 0 Å². The average molecular weight is 435 g/mol. The fourth-order valence-electron chi connectivity index (χ4n) is 3.07. The first-order chi connectivity index (χ1) is 13.1. The number of nitrogens with zero attached hydrogens (tertiary/aromatic N) is 1. The first-order valence-electron chi connectivity index (χ1n) is 8.51. The van der Waals surface area contributed by atoms with Crippen molar-refractivity contribution in [2.45, 2.75) is 23.8 Å². The Morgan fingerprint density at radius 1 is 1.29 bits per heavy atom. The number of methoxy groups -OCH3 is 1. The van der Waals surface area contributed by atoms with E-state index in [9.17, 15) is 21.6 Å². The molecule has 3 N–H and O–H groups in total. The maximum Gasteiger partial charge on any atom is 0.261 e. The van der Waals surface area contributed by atoms with Gasteiger partial charge in [0.25, 0.3) is 5.91 Å². The fourth-order valence-corrected chi connectivity index (χ4v) is 6.18. The predicted octanol–water partition coefficient (Wildman–Crippen LogP) is -0.277. The van der Waals surface area contributed by atoms with E-state index in [0.717, 1.165) is 4.31 Å². The molecule has 28 heavy (non-hydrogen) atoms. The molecule has 0 saturated carbocycles. The lowest BCUT2D eigenvalue weighted by molar-refractivity contribution is -0.132. The van der Waals surface area contributed by atoms with Crippen molar-refractivity contribution in [1.82, 2.24) is 14.5 Å². The van der Waals surface area contributed by atoms with Crippen LogP contribution in [0.4, 0.5) is 0 Å². The second-order valence-corrected chi connectivity index (χ2v) is 10.1. The lowest BCUT2D eigenvalue weighted by Crippen LogP contribution is -2.45. The molecule has 0 aromatic heterocycles. The van der Waals surface area contributed by atoms with Gasteiger partial charge in [-0.2, -0.15) is 4.31 Å². The Morgan fingerprint density at radius 2 is 1.93 bits per heavy atom. The Labute approximate surface area is 164 Å². The van der Waals surface area contributed by atoms with Crippen LogP contribution >= 0.6 is 0 Å². The highest BCUT2D eigenvalue weighted by atomic mass is 32.2. The van der Waals surface area contributed by atoms with Crippen LogP contribution in [0.5, 0.6) is 5.75 Å². The molecular weight excluding hydrogens is 410 g/mol. The molecular formula is C16H24N3O7S2. The minimum absolute atomic E-state index is 0.0347. The van der Waals surface area contributed by atoms with Crippen LogP contribution < -0.4 is 14.9 Å². The van der Waals surface area contributed by atoms with Crippen LogP contribution in [-0.4, -0.2) is 64.2 Å². The van der Waals surface area contributed by atoms with E-state index in [1.54, 1.807) is 0 Å². The number of sulfonamides is 2. The van der Waals surface area contributed by atoms with Crippen molar-refractivity contribution >= 4 is 26.0 Å². The SMILES string of the molecule is [CH2]CCNS(=O)(=O)C[C@H]1C[C@H](C(=O)NO)N(S(=O)(=O)c2ccc(OC)cc2)C1. The lowest BCUT2D eigenvalue weighted by Gasteiger charge is -2.22. The van der Waals surface area contributed by atoms with Gasteiger partial charge in [0.05, 0.1) is 17.8 Å². The largest absolute Gasteiger partial charge is 0.497 e. The summed E-state index contributed by atoms with van der Waals surface area (Å²) < 4.78 is 58.5. The van der Waals surface area contributed by atoms with Crippen LogP contribution in [0.3, 0.4) is 0 Å². The molecule has 1 fully saturated rings. The Kier molecular flexibility index (Phi) is 7.39. The van der Waals surface area contributed by atoms with Crippen molar-refractivity contribution in [3.63, 3.8) is 0 Å². The third-order valence-electron chi connectivity index (χ3n) is 4.38. The zero-order valence-corrected chi connectivity index (χ0v) is 17.0. The van der Waals surface area contributed by atoms with E-state index in [-0.39, 0.29) is 30.2 Å². The molecule has 12 heteroatoms. The third kappa shape index (κ3) is 5.20. The minimum Gasteiger partial charge on any atom is -0.497 e. The average Bonchev–Trinajstić information content (AvgIpc) is 3.09. The maximum absolute atomic E-state index is 13.0. The number of ether oxygens (including phenoxy) is 1. The summed E-state index contributed by atoms with van der Waals surface area (Å²) in [6, 6.07) is 4.39. The number of benzene rings is 1. The van der Waals surface area contributed by atoms with Gasteiger partial charge in [-0.25, -0.2) is 27.0 Å². The quantitative estimate of drug-likeness (QED) is 0.358. The summed E-state index contributed by atoms with van der Waals surface area (Å²) in [5, 5.41) is 8.98. The second kappa shape index (κ2) is 9.18. The number of hydrogen-bond acceptors (Lipinski definition) is 7. The van der Waals surface area contributed by atoms with Gasteiger partial charge in [0, 0.05) is 13.1 Å². The Balaban J connectivity index is 2.27. The van der Waals surface area contributed by atoms with E-state index in [1.165, 1.54) is 36.9 Å². The van der Waals surface area contributed by atoms with Gasteiger partial charge in [-0.3, -0.25) is 10.0 Å². The number of amides is 1. The molecule has 2 rings (SSSR count). The van der Waals surface area contributed by atoms with Crippen LogP contribution in [0, 0.1) is 12.8 Å². The summed E-state index contributed by atoms with van der Waals surface area (Å²) in [5.74, 6) is -1.40. The first-order valence-corrected chi connectivity index (χ1v) is 11.6. The maximum atomic E-state index is 13.0. The number of carbonyl (C=O) groups is 1. The minimum atomic E-state index is -4.09. The summed E-state index contributed by atoms with van der Waals surface area (Å²) in [6.07, 6.45) is 0.338. The smallest absolute Gasteiger partial charge is 0.261 e. The molecule has 0 unspecified atom stereocenters. The van der Waals surface area contributed by atoms with Gasteiger partial charge in [-0.1, -0.05) is 6.92 Å². The van der Waals surface area contributed by atoms with Crippen molar-refractivity contribution in [2.24, 2.45) is 5.92 Å². The molecule has 10 nitrogen and oxygen atoms in total. The van der Waals surface area contributed by atoms with Gasteiger partial charge in [0.15, 0.2) is 0 Å². The molecule has 1 aromatic carbocycles. The van der Waals surface area contributed by atoms with Gasteiger partial charge < -0.3 is 4.74 Å². The normalized spacial score (nSPS) is 20.8. The Bertz CT molecular complexity index is 885. The number of rotatable bonds is 9. The number of carbonyl (C=O) groups excluding carboxylic acids is 1. The Hall–Kier alpha value is -1.73. The predicted molar refractivity (Wildman–Crippen MR) is 100 cm³/mol. The van der Waals surface area contributed by atoms with Crippen LogP contribution in [0.25, 0.3) is 0 Å². The summed E-state index contributed by atoms with van der Waals surface area (Å²) in [4.78, 5) is 12.0. The Morgan fingerprint density at radius 3 is 2.46 bits per heavy atom. The highest BCUT2D eigenvalue weighted by molar-refractivity contribution is 7.89. The van der Waals surface area contributed by atoms with Gasteiger partial charge in [-0.15, -0.1) is 0 Å². The van der Waals surface area contributed by atoms with E-state index in [2.05, 4.69) is 11.6 Å². The van der Waals surface area contributed by atoms with Gasteiger partial charge in [0.1, 0.15) is 11.8 Å². The molecule has 1 radical (unpaired) electrons. The zero-order chi connectivity index (χ0) is 20.9. The zero-order valence-electron chi connectivity index (χ0n) is 15.4. The molecule has 1 aromatic rings. The van der Waals surface area contributed by atoms with E-state index in [1.807, 2.05) is 0 Å². The summed E-state index contributed by atoms with van der Waals surface area (Å²) in [7, 11) is -6.30. The van der Waals surface area contributed by atoms with Crippen molar-refractivity contribution in [3.8, 4) is 5.75 Å². The number of hydrogen-bond donors (Lipinski definition) is 3. The van der Waals surface area contributed by atoms with E-state index in [0.29, 0.717) is 12.2 Å². The van der Waals surface area contributed by atoms with Crippen LogP contribution in [0.1, 0.15) is 12.8 Å². The van der Waals surface area contributed by atoms with Crippen molar-refractivity contribution in [1.29, 1.82) is 0 Å². The van der Waals surface area contributed by atoms with Crippen molar-refractivity contribution in [2.75, 3.05) is 26.0 Å². The van der Waals surface area contributed by atoms with Crippen LogP contribution in [0.15, 0.2) is 29.2 Å². The van der Waals surface area contributed by atoms with Crippen LogP contribution in [0.2, 0.25) is 0 Å². The summed E-state index contributed by atoms with van der Waals surface area (Å²) in [5.41, 5.74) is 1.46. The fraction of sp³-hybridized carbons (Fsp3) is 0.500. The molecule has 1 aliphatic heterocycles. The summed E-state index contributed by atoms with van der Waals surface area (Å²) >= 11 is 0. The molecule has 1 heterocycles. The first kappa shape index (κ1) is 22.6. The molecule has 0 aliphatic carbocycles. The molecule has 1 saturated heterocycles. The van der Waals surface area contributed by atoms with Crippen LogP contribution in [-0.2, 0) is 24.8 Å². The van der Waals surface area contributed by atoms with E-state index in [4.69, 9.17) is 9.94 Å². The molecule has 2 atom stereocenters. The monoisotopic (exact) mass is 434 g/mol. The highest BCUT2D eigenvalue weighted by Crippen LogP contribution is 2.31. The molecule has 157 valence electrons.